The third kappa shape index (κ3) is 6.02. The second-order valence-electron chi connectivity index (χ2n) is 3.50. The molecule has 2 amide bonds. The van der Waals surface area contributed by atoms with Crippen molar-refractivity contribution in [3.05, 3.63) is 6.20 Å². The molecule has 1 aromatic rings. The molecule has 0 saturated carbocycles. The molecular weight excluding hydrogens is 283 g/mol. The molecule has 20 heavy (non-hydrogen) atoms. The average Bonchev–Trinajstić information content (AvgIpc) is 2.73. The van der Waals surface area contributed by atoms with Gasteiger partial charge in [0.05, 0.1) is 12.8 Å². The van der Waals surface area contributed by atoms with Crippen LogP contribution >= 0.6 is 0 Å². The molecule has 1 rings (SSSR count). The molecule has 0 spiro atoms. The van der Waals surface area contributed by atoms with Gasteiger partial charge in [-0.1, -0.05) is 0 Å². The first-order valence-electron chi connectivity index (χ1n) is 5.47. The van der Waals surface area contributed by atoms with Crippen LogP contribution in [0.3, 0.4) is 0 Å². The number of rotatable bonds is 5. The molecule has 8 nitrogen and oxygen atoms in total. The molecule has 1 aromatic heterocycles. The Morgan fingerprint density at radius 3 is 2.75 bits per heavy atom. The van der Waals surface area contributed by atoms with Crippen LogP contribution in [0.2, 0.25) is 0 Å². The minimum atomic E-state index is -4.48. The number of amides is 2. The average molecular weight is 295 g/mol. The van der Waals surface area contributed by atoms with Crippen molar-refractivity contribution in [2.45, 2.75) is 19.6 Å². The number of aromatic nitrogens is 3. The number of carbonyl (C=O) groups is 2. The van der Waals surface area contributed by atoms with Crippen LogP contribution in [-0.4, -0.2) is 46.3 Å². The summed E-state index contributed by atoms with van der Waals surface area (Å²) in [4.78, 5) is 23.1. The SMILES string of the molecule is CCOC(=O)Nc1cnn(CC(=O)NCC(F)(F)F)n1. The van der Waals surface area contributed by atoms with Crippen LogP contribution in [0.25, 0.3) is 0 Å². The smallest absolute Gasteiger partial charge is 0.412 e. The molecule has 0 aliphatic heterocycles. The van der Waals surface area contributed by atoms with Crippen molar-refractivity contribution in [1.82, 2.24) is 20.3 Å². The maximum atomic E-state index is 11.9. The van der Waals surface area contributed by atoms with Gasteiger partial charge < -0.3 is 10.1 Å². The highest BCUT2D eigenvalue weighted by atomic mass is 19.4. The normalized spacial score (nSPS) is 11.0. The Labute approximate surface area is 111 Å². The van der Waals surface area contributed by atoms with Crippen molar-refractivity contribution in [1.29, 1.82) is 0 Å². The van der Waals surface area contributed by atoms with Crippen LogP contribution in [0.4, 0.5) is 23.8 Å². The Morgan fingerprint density at radius 1 is 1.45 bits per heavy atom. The van der Waals surface area contributed by atoms with Gasteiger partial charge in [-0.15, -0.1) is 5.10 Å². The number of alkyl halides is 3. The number of ether oxygens (including phenoxy) is 1. The highest BCUT2D eigenvalue weighted by molar-refractivity contribution is 5.83. The molecular formula is C9H12F3N5O3. The van der Waals surface area contributed by atoms with E-state index in [1.807, 2.05) is 0 Å². The fraction of sp³-hybridized carbons (Fsp3) is 0.556. The van der Waals surface area contributed by atoms with Gasteiger partial charge in [-0.2, -0.15) is 23.1 Å². The maximum Gasteiger partial charge on any atom is 0.412 e. The summed E-state index contributed by atoms with van der Waals surface area (Å²) in [6.45, 7) is -0.150. The molecule has 0 fully saturated rings. The van der Waals surface area contributed by atoms with E-state index in [1.54, 1.807) is 12.2 Å². The number of carbonyl (C=O) groups excluding carboxylic acids is 2. The van der Waals surface area contributed by atoms with Crippen molar-refractivity contribution in [3.8, 4) is 0 Å². The summed E-state index contributed by atoms with van der Waals surface area (Å²) in [5.41, 5.74) is 0. The quantitative estimate of drug-likeness (QED) is 0.825. The molecule has 0 unspecified atom stereocenters. The van der Waals surface area contributed by atoms with Gasteiger partial charge in [-0.05, 0) is 6.92 Å². The van der Waals surface area contributed by atoms with Gasteiger partial charge in [0.25, 0.3) is 0 Å². The van der Waals surface area contributed by atoms with E-state index < -0.39 is 31.3 Å². The van der Waals surface area contributed by atoms with Crippen molar-refractivity contribution in [2.24, 2.45) is 0 Å². The first-order valence-corrected chi connectivity index (χ1v) is 5.47. The largest absolute Gasteiger partial charge is 0.450 e. The van der Waals surface area contributed by atoms with Crippen molar-refractivity contribution in [2.75, 3.05) is 18.5 Å². The molecule has 0 aromatic carbocycles. The lowest BCUT2D eigenvalue weighted by Crippen LogP contribution is -2.36. The minimum absolute atomic E-state index is 0.0204. The zero-order chi connectivity index (χ0) is 15.2. The van der Waals surface area contributed by atoms with E-state index in [1.165, 1.54) is 0 Å². The van der Waals surface area contributed by atoms with Crippen LogP contribution in [0.5, 0.6) is 0 Å². The van der Waals surface area contributed by atoms with Gasteiger partial charge in [0.15, 0.2) is 5.82 Å². The van der Waals surface area contributed by atoms with Gasteiger partial charge >= 0.3 is 12.3 Å². The van der Waals surface area contributed by atoms with Crippen LogP contribution in [0.1, 0.15) is 6.92 Å². The zero-order valence-electron chi connectivity index (χ0n) is 10.4. The molecule has 0 atom stereocenters. The zero-order valence-corrected chi connectivity index (χ0v) is 10.4. The van der Waals surface area contributed by atoms with Crippen LogP contribution < -0.4 is 10.6 Å². The van der Waals surface area contributed by atoms with Crippen molar-refractivity contribution < 1.29 is 27.5 Å². The number of hydrogen-bond acceptors (Lipinski definition) is 5. The minimum Gasteiger partial charge on any atom is -0.450 e. The van der Waals surface area contributed by atoms with Crippen LogP contribution in [0.15, 0.2) is 6.20 Å². The number of hydrogen-bond donors (Lipinski definition) is 2. The maximum absolute atomic E-state index is 11.9. The lowest BCUT2D eigenvalue weighted by atomic mass is 10.5. The topological polar surface area (TPSA) is 98.1 Å². The fourth-order valence-corrected chi connectivity index (χ4v) is 1.09. The third-order valence-electron chi connectivity index (χ3n) is 1.81. The first-order chi connectivity index (χ1) is 9.30. The molecule has 1 heterocycles. The summed E-state index contributed by atoms with van der Waals surface area (Å²) in [7, 11) is 0. The molecule has 0 radical (unpaired) electrons. The fourth-order valence-electron chi connectivity index (χ4n) is 1.09. The van der Waals surface area contributed by atoms with Crippen LogP contribution in [0, 0.1) is 0 Å². The van der Waals surface area contributed by atoms with E-state index in [0.29, 0.717) is 0 Å². The molecule has 0 aliphatic rings. The molecule has 0 bridgehead atoms. The highest BCUT2D eigenvalue weighted by Gasteiger charge is 2.27. The Kier molecular flexibility index (Phi) is 5.29. The van der Waals surface area contributed by atoms with E-state index in [2.05, 4.69) is 20.3 Å². The van der Waals surface area contributed by atoms with Gasteiger partial charge in [-0.3, -0.25) is 10.1 Å². The van der Waals surface area contributed by atoms with Gasteiger partial charge in [-0.25, -0.2) is 4.79 Å². The number of halogens is 3. The van der Waals surface area contributed by atoms with E-state index in [-0.39, 0.29) is 12.4 Å². The highest BCUT2D eigenvalue weighted by Crippen LogP contribution is 2.12. The summed E-state index contributed by atoms with van der Waals surface area (Å²) in [6.07, 6.45) is -4.10. The van der Waals surface area contributed by atoms with Gasteiger partial charge in [0.1, 0.15) is 13.1 Å². The number of nitrogens with one attached hydrogen (secondary N) is 2. The van der Waals surface area contributed by atoms with Gasteiger partial charge in [0, 0.05) is 0 Å². The predicted octanol–water partition coefficient (Wildman–Crippen LogP) is 0.525. The second-order valence-corrected chi connectivity index (χ2v) is 3.50. The summed E-state index contributed by atoms with van der Waals surface area (Å²) < 4.78 is 40.2. The summed E-state index contributed by atoms with van der Waals surface area (Å²) >= 11 is 0. The molecule has 0 saturated heterocycles. The number of anilines is 1. The van der Waals surface area contributed by atoms with E-state index >= 15 is 0 Å². The Morgan fingerprint density at radius 2 is 2.15 bits per heavy atom. The monoisotopic (exact) mass is 295 g/mol. The van der Waals surface area contributed by atoms with Crippen molar-refractivity contribution in [3.63, 3.8) is 0 Å². The summed E-state index contributed by atoms with van der Waals surface area (Å²) in [5, 5.41) is 11.2. The standard InChI is InChI=1S/C9H12F3N5O3/c1-2-20-8(19)15-6-3-14-17(16-6)4-7(18)13-5-9(10,11)12/h3H,2,4-5H2,1H3,(H,13,18)(H,15,16,19). The van der Waals surface area contributed by atoms with Gasteiger partial charge in [0.2, 0.25) is 5.91 Å². The lowest BCUT2D eigenvalue weighted by Gasteiger charge is -2.07. The third-order valence-corrected chi connectivity index (χ3v) is 1.81. The molecule has 0 aliphatic carbocycles. The van der Waals surface area contributed by atoms with E-state index in [4.69, 9.17) is 0 Å². The summed E-state index contributed by atoms with van der Waals surface area (Å²) in [6, 6.07) is 0. The van der Waals surface area contributed by atoms with E-state index in [0.717, 1.165) is 11.0 Å². The Hall–Kier alpha value is -2.33. The van der Waals surface area contributed by atoms with E-state index in [9.17, 15) is 22.8 Å². The number of nitrogens with zero attached hydrogens (tertiary/aromatic N) is 3. The first kappa shape index (κ1) is 15.7. The molecule has 2 N–H and O–H groups in total. The predicted molar refractivity (Wildman–Crippen MR) is 59.7 cm³/mol. The Bertz CT molecular complexity index is 474. The molecule has 112 valence electrons. The van der Waals surface area contributed by atoms with Crippen LogP contribution in [-0.2, 0) is 16.1 Å². The Balaban J connectivity index is 2.43. The molecule has 11 heteroatoms. The second kappa shape index (κ2) is 6.73. The lowest BCUT2D eigenvalue weighted by molar-refractivity contribution is -0.139. The van der Waals surface area contributed by atoms with Crippen molar-refractivity contribution >= 4 is 17.8 Å². The summed E-state index contributed by atoms with van der Waals surface area (Å²) in [5.74, 6) is -0.882.